The molecule has 0 heterocycles. The maximum atomic E-state index is 6.53. The molecule has 0 bridgehead atoms. The molecule has 0 saturated heterocycles. The summed E-state index contributed by atoms with van der Waals surface area (Å²) in [6.45, 7) is 1.97. The molecule has 4 heteroatoms. The lowest BCUT2D eigenvalue weighted by Gasteiger charge is -2.15. The van der Waals surface area contributed by atoms with Gasteiger partial charge in [-0.1, -0.05) is 35.9 Å². The van der Waals surface area contributed by atoms with E-state index < -0.39 is 0 Å². The zero-order chi connectivity index (χ0) is 14.0. The van der Waals surface area contributed by atoms with Gasteiger partial charge in [0.15, 0.2) is 0 Å². The molecule has 2 aromatic rings. The molecular weight excluding hydrogens is 347 g/mol. The van der Waals surface area contributed by atoms with Crippen LogP contribution in [-0.4, -0.2) is 7.11 Å². The molecule has 0 amide bonds. The van der Waals surface area contributed by atoms with Crippen LogP contribution in [0.5, 0.6) is 5.75 Å². The van der Waals surface area contributed by atoms with Crippen LogP contribution in [0.15, 0.2) is 40.9 Å². The summed E-state index contributed by atoms with van der Waals surface area (Å²) in [7, 11) is 1.63. The van der Waals surface area contributed by atoms with Gasteiger partial charge in [-0.3, -0.25) is 0 Å². The second-order valence-electron chi connectivity index (χ2n) is 4.23. The van der Waals surface area contributed by atoms with Crippen LogP contribution in [0.25, 0.3) is 0 Å². The van der Waals surface area contributed by atoms with E-state index in [2.05, 4.69) is 15.9 Å². The van der Waals surface area contributed by atoms with Gasteiger partial charge in [0.05, 0.1) is 17.0 Å². The molecule has 0 fully saturated rings. The Labute approximate surface area is 131 Å². The smallest absolute Gasteiger partial charge is 0.133 e. The molecule has 0 saturated carbocycles. The third kappa shape index (κ3) is 3.07. The number of alkyl halides is 1. The highest BCUT2D eigenvalue weighted by atomic mass is 79.9. The van der Waals surface area contributed by atoms with Crippen molar-refractivity contribution < 1.29 is 4.74 Å². The van der Waals surface area contributed by atoms with Crippen LogP contribution in [0.4, 0.5) is 0 Å². The van der Waals surface area contributed by atoms with Crippen LogP contribution >= 0.6 is 39.1 Å². The molecule has 0 spiro atoms. The van der Waals surface area contributed by atoms with Gasteiger partial charge in [-0.15, -0.1) is 11.6 Å². The minimum atomic E-state index is -0.283. The van der Waals surface area contributed by atoms with Gasteiger partial charge in [-0.25, -0.2) is 0 Å². The van der Waals surface area contributed by atoms with Crippen LogP contribution in [0.3, 0.4) is 0 Å². The summed E-state index contributed by atoms with van der Waals surface area (Å²) < 4.78 is 6.09. The summed E-state index contributed by atoms with van der Waals surface area (Å²) >= 11 is 16.3. The second-order valence-corrected chi connectivity index (χ2v) is 5.90. The van der Waals surface area contributed by atoms with Crippen LogP contribution in [0.1, 0.15) is 22.1 Å². The Bertz CT molecular complexity index is 599. The molecule has 2 rings (SSSR count). The summed E-state index contributed by atoms with van der Waals surface area (Å²) in [5, 5.41) is 0.434. The van der Waals surface area contributed by atoms with Gasteiger partial charge in [-0.05, 0) is 51.7 Å². The predicted octanol–water partition coefficient (Wildman–Crippen LogP) is 5.75. The van der Waals surface area contributed by atoms with Crippen LogP contribution in [-0.2, 0) is 0 Å². The topological polar surface area (TPSA) is 9.23 Å². The van der Waals surface area contributed by atoms with Crippen LogP contribution in [0, 0.1) is 6.92 Å². The quantitative estimate of drug-likeness (QED) is 0.634. The maximum absolute atomic E-state index is 6.53. The highest BCUT2D eigenvalue weighted by Crippen LogP contribution is 2.37. The van der Waals surface area contributed by atoms with E-state index in [9.17, 15) is 0 Å². The Balaban J connectivity index is 2.41. The zero-order valence-corrected chi connectivity index (χ0v) is 13.7. The normalized spacial score (nSPS) is 12.3. The second kappa shape index (κ2) is 6.17. The number of hydrogen-bond acceptors (Lipinski definition) is 1. The fourth-order valence-electron chi connectivity index (χ4n) is 1.89. The van der Waals surface area contributed by atoms with Crippen LogP contribution < -0.4 is 4.74 Å². The van der Waals surface area contributed by atoms with Crippen molar-refractivity contribution in [1.82, 2.24) is 0 Å². The molecule has 1 atom stereocenters. The number of hydrogen-bond donors (Lipinski definition) is 0. The highest BCUT2D eigenvalue weighted by Gasteiger charge is 2.16. The third-order valence-electron chi connectivity index (χ3n) is 2.96. The standard InChI is InChI=1S/C15H13BrCl2O/c1-9-4-3-5-11(14(9)17)15(18)10-6-7-13(19-2)12(16)8-10/h3-8,15H,1-2H3. The van der Waals surface area contributed by atoms with E-state index in [0.717, 1.165) is 31.9 Å². The first-order valence-corrected chi connectivity index (χ1v) is 7.38. The molecule has 0 aliphatic heterocycles. The first-order chi connectivity index (χ1) is 9.04. The number of rotatable bonds is 3. The van der Waals surface area contributed by atoms with Crippen LogP contribution in [0.2, 0.25) is 5.02 Å². The lowest BCUT2D eigenvalue weighted by atomic mass is 10.0. The number of benzene rings is 2. The SMILES string of the molecule is COc1ccc(C(Cl)c2cccc(C)c2Cl)cc1Br. The molecular formula is C15H13BrCl2O. The molecule has 19 heavy (non-hydrogen) atoms. The van der Waals surface area contributed by atoms with E-state index in [1.54, 1.807) is 7.11 Å². The van der Waals surface area contributed by atoms with Crippen molar-refractivity contribution in [2.24, 2.45) is 0 Å². The zero-order valence-electron chi connectivity index (χ0n) is 10.6. The molecule has 0 aliphatic rings. The van der Waals surface area contributed by atoms with Crippen molar-refractivity contribution in [2.75, 3.05) is 7.11 Å². The van der Waals surface area contributed by atoms with Gasteiger partial charge >= 0.3 is 0 Å². The Morgan fingerprint density at radius 1 is 1.21 bits per heavy atom. The number of aryl methyl sites for hydroxylation is 1. The first-order valence-electron chi connectivity index (χ1n) is 5.77. The van der Waals surface area contributed by atoms with E-state index in [1.165, 1.54) is 0 Å². The summed E-state index contributed by atoms with van der Waals surface area (Å²) in [6.07, 6.45) is 0. The summed E-state index contributed by atoms with van der Waals surface area (Å²) in [5.41, 5.74) is 2.92. The third-order valence-corrected chi connectivity index (χ3v) is 4.59. The average Bonchev–Trinajstić information content (AvgIpc) is 2.41. The van der Waals surface area contributed by atoms with E-state index in [4.69, 9.17) is 27.9 Å². The van der Waals surface area contributed by atoms with Crippen molar-refractivity contribution in [3.05, 3.63) is 62.6 Å². The number of ether oxygens (including phenoxy) is 1. The molecule has 2 aromatic carbocycles. The van der Waals surface area contributed by atoms with Gasteiger partial charge in [-0.2, -0.15) is 0 Å². The molecule has 0 N–H and O–H groups in total. The van der Waals surface area contributed by atoms with E-state index >= 15 is 0 Å². The molecule has 0 radical (unpaired) electrons. The van der Waals surface area contributed by atoms with Crippen molar-refractivity contribution in [2.45, 2.75) is 12.3 Å². The van der Waals surface area contributed by atoms with Crippen molar-refractivity contribution in [1.29, 1.82) is 0 Å². The summed E-state index contributed by atoms with van der Waals surface area (Å²) in [4.78, 5) is 0. The van der Waals surface area contributed by atoms with Gasteiger partial charge in [0, 0.05) is 5.02 Å². The summed E-state index contributed by atoms with van der Waals surface area (Å²) in [5.74, 6) is 0.781. The van der Waals surface area contributed by atoms with Gasteiger partial charge in [0.25, 0.3) is 0 Å². The Kier molecular flexibility index (Phi) is 4.77. The van der Waals surface area contributed by atoms with E-state index in [0.29, 0.717) is 0 Å². The predicted molar refractivity (Wildman–Crippen MR) is 84.6 cm³/mol. The van der Waals surface area contributed by atoms with Crippen molar-refractivity contribution in [3.8, 4) is 5.75 Å². The molecule has 1 unspecified atom stereocenters. The Morgan fingerprint density at radius 2 is 1.95 bits per heavy atom. The fourth-order valence-corrected chi connectivity index (χ4v) is 3.05. The van der Waals surface area contributed by atoms with E-state index in [1.807, 2.05) is 43.3 Å². The van der Waals surface area contributed by atoms with Crippen molar-refractivity contribution in [3.63, 3.8) is 0 Å². The van der Waals surface area contributed by atoms with Gasteiger partial charge in [0.1, 0.15) is 5.75 Å². The van der Waals surface area contributed by atoms with Crippen molar-refractivity contribution >= 4 is 39.1 Å². The number of halogens is 3. The highest BCUT2D eigenvalue weighted by molar-refractivity contribution is 9.10. The first kappa shape index (κ1) is 14.7. The minimum absolute atomic E-state index is 0.283. The Morgan fingerprint density at radius 3 is 2.58 bits per heavy atom. The maximum Gasteiger partial charge on any atom is 0.133 e. The fraction of sp³-hybridized carbons (Fsp3) is 0.200. The van der Waals surface area contributed by atoms with Gasteiger partial charge < -0.3 is 4.74 Å². The lowest BCUT2D eigenvalue weighted by Crippen LogP contribution is -1.96. The average molecular weight is 360 g/mol. The monoisotopic (exact) mass is 358 g/mol. The molecule has 100 valence electrons. The lowest BCUT2D eigenvalue weighted by molar-refractivity contribution is 0.412. The largest absolute Gasteiger partial charge is 0.496 e. The molecule has 0 aromatic heterocycles. The Hall–Kier alpha value is -0.700. The number of methoxy groups -OCH3 is 1. The minimum Gasteiger partial charge on any atom is -0.496 e. The summed E-state index contributed by atoms with van der Waals surface area (Å²) in [6, 6.07) is 11.7. The van der Waals surface area contributed by atoms with E-state index in [-0.39, 0.29) is 5.38 Å². The molecule has 0 aliphatic carbocycles. The molecule has 1 nitrogen and oxygen atoms in total. The van der Waals surface area contributed by atoms with Gasteiger partial charge in [0.2, 0.25) is 0 Å².